The van der Waals surface area contributed by atoms with Crippen molar-refractivity contribution in [2.45, 2.75) is 38.3 Å². The third-order valence-corrected chi connectivity index (χ3v) is 9.06. The van der Waals surface area contributed by atoms with Gasteiger partial charge < -0.3 is 24.5 Å². The highest BCUT2D eigenvalue weighted by Crippen LogP contribution is 2.58. The van der Waals surface area contributed by atoms with Crippen molar-refractivity contribution in [1.82, 2.24) is 9.88 Å². The maximum atomic E-state index is 13.2. The second-order valence-corrected chi connectivity index (χ2v) is 11.5. The van der Waals surface area contributed by atoms with Crippen LogP contribution in [0.25, 0.3) is 21.3 Å². The molecule has 2 aliphatic carbocycles. The summed E-state index contributed by atoms with van der Waals surface area (Å²) >= 11 is 1.58. The molecule has 2 aromatic heterocycles. The summed E-state index contributed by atoms with van der Waals surface area (Å²) in [4.78, 5) is 24.3. The molecule has 0 radical (unpaired) electrons. The van der Waals surface area contributed by atoms with Crippen LogP contribution >= 0.6 is 11.3 Å². The van der Waals surface area contributed by atoms with Crippen LogP contribution < -0.4 is 14.8 Å². The highest BCUT2D eigenvalue weighted by molar-refractivity contribution is 7.17. The molecule has 2 N–H and O–H groups in total. The Balaban J connectivity index is 1.14. The molecule has 2 aliphatic rings. The van der Waals surface area contributed by atoms with Crippen molar-refractivity contribution in [3.8, 4) is 22.6 Å². The van der Waals surface area contributed by atoms with E-state index in [1.54, 1.807) is 25.6 Å². The Kier molecular flexibility index (Phi) is 6.14. The number of benzene rings is 2. The van der Waals surface area contributed by atoms with Gasteiger partial charge in [-0.05, 0) is 66.0 Å². The van der Waals surface area contributed by atoms with Gasteiger partial charge in [-0.3, -0.25) is 9.59 Å². The highest BCUT2D eigenvalue weighted by atomic mass is 32.1. The number of fused-ring (bicyclic) bond motifs is 1. The SMILES string of the molecule is COc1cc(OC)cc(-c2ccc(Cn3ccc4scc(C(=O)NC5CC6(C5)CC(C(=O)O)C6)c43)cc2)c1. The van der Waals surface area contributed by atoms with Crippen LogP contribution in [0.5, 0.6) is 11.5 Å². The molecule has 0 atom stereocenters. The molecule has 2 saturated carbocycles. The summed E-state index contributed by atoms with van der Waals surface area (Å²) in [6.07, 6.45) is 5.27. The number of methoxy groups -OCH3 is 2. The Bertz CT molecular complexity index is 1480. The fourth-order valence-electron chi connectivity index (χ4n) is 6.12. The maximum absolute atomic E-state index is 13.2. The molecule has 0 bridgehead atoms. The first kappa shape index (κ1) is 24.6. The maximum Gasteiger partial charge on any atom is 0.306 e. The fraction of sp³-hybridized carbons (Fsp3) is 0.333. The second-order valence-electron chi connectivity index (χ2n) is 10.6. The van der Waals surface area contributed by atoms with Crippen LogP contribution in [0.4, 0.5) is 0 Å². The van der Waals surface area contributed by atoms with Crippen LogP contribution in [0.3, 0.4) is 0 Å². The summed E-state index contributed by atoms with van der Waals surface area (Å²) in [5.74, 6) is 0.539. The third-order valence-electron chi connectivity index (χ3n) is 8.12. The largest absolute Gasteiger partial charge is 0.497 e. The van der Waals surface area contributed by atoms with Crippen LogP contribution in [-0.4, -0.2) is 41.8 Å². The summed E-state index contributed by atoms with van der Waals surface area (Å²) in [5.41, 5.74) is 5.01. The van der Waals surface area contributed by atoms with Gasteiger partial charge in [0.05, 0.1) is 35.9 Å². The molecule has 1 amide bonds. The van der Waals surface area contributed by atoms with Crippen molar-refractivity contribution in [2.75, 3.05) is 14.2 Å². The van der Waals surface area contributed by atoms with Crippen LogP contribution in [0.1, 0.15) is 41.6 Å². The van der Waals surface area contributed by atoms with E-state index in [9.17, 15) is 9.59 Å². The number of aromatic nitrogens is 1. The summed E-state index contributed by atoms with van der Waals surface area (Å²) in [7, 11) is 3.29. The number of carbonyl (C=O) groups excluding carboxylic acids is 1. The quantitative estimate of drug-likeness (QED) is 0.300. The monoisotopic (exact) mass is 530 g/mol. The molecule has 8 heteroatoms. The number of carboxylic acids is 1. The molecule has 38 heavy (non-hydrogen) atoms. The first-order valence-corrected chi connectivity index (χ1v) is 13.7. The van der Waals surface area contributed by atoms with Gasteiger partial charge in [0.2, 0.25) is 0 Å². The number of nitrogens with zero attached hydrogens (tertiary/aromatic N) is 1. The lowest BCUT2D eigenvalue weighted by atomic mass is 9.50. The normalized spacial score (nSPS) is 22.1. The number of amides is 1. The van der Waals surface area contributed by atoms with E-state index in [1.807, 2.05) is 29.8 Å². The molecular weight excluding hydrogens is 500 g/mol. The Labute approximate surface area is 225 Å². The number of nitrogens with one attached hydrogen (secondary N) is 1. The molecule has 4 aromatic rings. The first-order chi connectivity index (χ1) is 18.4. The molecule has 7 nitrogen and oxygen atoms in total. The number of hydrogen-bond donors (Lipinski definition) is 2. The van der Waals surface area contributed by atoms with Crippen molar-refractivity contribution >= 4 is 33.4 Å². The number of ether oxygens (including phenoxy) is 2. The minimum absolute atomic E-state index is 0.0486. The lowest BCUT2D eigenvalue weighted by Gasteiger charge is -2.56. The second kappa shape index (κ2) is 9.51. The van der Waals surface area contributed by atoms with E-state index >= 15 is 0 Å². The number of rotatable bonds is 8. The van der Waals surface area contributed by atoms with E-state index in [0.717, 1.165) is 64.1 Å². The third kappa shape index (κ3) is 4.43. The predicted molar refractivity (Wildman–Crippen MR) is 147 cm³/mol. The summed E-state index contributed by atoms with van der Waals surface area (Å²) in [6.45, 7) is 0.658. The molecule has 6 rings (SSSR count). The zero-order chi connectivity index (χ0) is 26.4. The van der Waals surface area contributed by atoms with Crippen molar-refractivity contribution in [3.05, 3.63) is 71.2 Å². The minimum Gasteiger partial charge on any atom is -0.497 e. The van der Waals surface area contributed by atoms with Gasteiger partial charge in [-0.15, -0.1) is 11.3 Å². The van der Waals surface area contributed by atoms with Gasteiger partial charge in [0, 0.05) is 30.2 Å². The fourth-order valence-corrected chi connectivity index (χ4v) is 7.07. The summed E-state index contributed by atoms with van der Waals surface area (Å²) in [5, 5.41) is 14.3. The van der Waals surface area contributed by atoms with Crippen LogP contribution in [0.15, 0.2) is 60.1 Å². The number of thiophene rings is 1. The number of aliphatic carboxylic acids is 1. The Morgan fingerprint density at radius 1 is 1.00 bits per heavy atom. The molecule has 2 aromatic carbocycles. The van der Waals surface area contributed by atoms with E-state index in [2.05, 4.69) is 40.2 Å². The van der Waals surface area contributed by atoms with Crippen LogP contribution in [0.2, 0.25) is 0 Å². The highest BCUT2D eigenvalue weighted by Gasteiger charge is 2.55. The van der Waals surface area contributed by atoms with Gasteiger partial charge in [-0.1, -0.05) is 24.3 Å². The Morgan fingerprint density at radius 3 is 2.32 bits per heavy atom. The van der Waals surface area contributed by atoms with Gasteiger partial charge in [0.25, 0.3) is 5.91 Å². The molecule has 0 aliphatic heterocycles. The van der Waals surface area contributed by atoms with Gasteiger partial charge in [0.1, 0.15) is 11.5 Å². The van der Waals surface area contributed by atoms with Crippen molar-refractivity contribution in [1.29, 1.82) is 0 Å². The van der Waals surface area contributed by atoms with Crippen LogP contribution in [0, 0.1) is 11.3 Å². The smallest absolute Gasteiger partial charge is 0.306 e. The number of carboxylic acid groups (broad SMARTS) is 1. The van der Waals surface area contributed by atoms with Crippen molar-refractivity contribution in [2.24, 2.45) is 11.3 Å². The predicted octanol–water partition coefficient (Wildman–Crippen LogP) is 5.81. The first-order valence-electron chi connectivity index (χ1n) is 12.8. The Morgan fingerprint density at radius 2 is 1.68 bits per heavy atom. The number of carbonyl (C=O) groups is 2. The van der Waals surface area contributed by atoms with Crippen molar-refractivity contribution in [3.63, 3.8) is 0 Å². The van der Waals surface area contributed by atoms with Gasteiger partial charge >= 0.3 is 5.97 Å². The average Bonchev–Trinajstić information content (AvgIpc) is 3.47. The summed E-state index contributed by atoms with van der Waals surface area (Å²) in [6, 6.07) is 16.4. The summed E-state index contributed by atoms with van der Waals surface area (Å²) < 4.78 is 14.0. The van der Waals surface area contributed by atoms with Gasteiger partial charge in [-0.2, -0.15) is 0 Å². The number of hydrogen-bond acceptors (Lipinski definition) is 5. The Hall–Kier alpha value is -3.78. The van der Waals surface area contributed by atoms with Gasteiger partial charge in [0.15, 0.2) is 0 Å². The molecule has 2 heterocycles. The lowest BCUT2D eigenvalue weighted by molar-refractivity contribution is -0.155. The minimum atomic E-state index is -0.695. The van der Waals surface area contributed by atoms with E-state index in [1.165, 1.54) is 0 Å². The molecular formula is C30H30N2O5S. The van der Waals surface area contributed by atoms with E-state index in [-0.39, 0.29) is 23.3 Å². The van der Waals surface area contributed by atoms with Gasteiger partial charge in [-0.25, -0.2) is 0 Å². The molecule has 0 saturated heterocycles. The zero-order valence-electron chi connectivity index (χ0n) is 21.4. The molecule has 0 unspecified atom stereocenters. The van der Waals surface area contributed by atoms with Crippen LogP contribution in [-0.2, 0) is 11.3 Å². The van der Waals surface area contributed by atoms with E-state index < -0.39 is 5.97 Å². The molecule has 1 spiro atoms. The van der Waals surface area contributed by atoms with Crippen molar-refractivity contribution < 1.29 is 24.2 Å². The standard InChI is InChI=1S/C30H30N2O5S/c1-36-23-9-20(10-24(11-23)37-2)19-5-3-18(4-6-19)16-32-8-7-26-27(32)25(17-38-26)28(33)31-22-14-30(15-22)12-21(13-30)29(34)35/h3-11,17,21-22H,12-16H2,1-2H3,(H,31,33)(H,34,35). The average molecular weight is 531 g/mol. The lowest BCUT2D eigenvalue weighted by Crippen LogP contribution is -2.57. The molecule has 2 fully saturated rings. The topological polar surface area (TPSA) is 89.8 Å². The van der Waals surface area contributed by atoms with E-state index in [4.69, 9.17) is 14.6 Å². The van der Waals surface area contributed by atoms with E-state index in [0.29, 0.717) is 12.1 Å². The zero-order valence-corrected chi connectivity index (χ0v) is 22.2. The molecule has 196 valence electrons.